The van der Waals surface area contributed by atoms with Crippen molar-refractivity contribution in [3.63, 3.8) is 0 Å². The second-order valence-corrected chi connectivity index (χ2v) is 10.7. The highest BCUT2D eigenvalue weighted by molar-refractivity contribution is 7.92. The highest BCUT2D eigenvalue weighted by atomic mass is 32.2. The lowest BCUT2D eigenvalue weighted by Gasteiger charge is -2.32. The maximum Gasteiger partial charge on any atom is 0.244 e. The van der Waals surface area contributed by atoms with Crippen molar-refractivity contribution < 1.29 is 22.7 Å². The van der Waals surface area contributed by atoms with Gasteiger partial charge in [0.15, 0.2) is 0 Å². The van der Waals surface area contributed by atoms with Gasteiger partial charge in [-0.1, -0.05) is 18.2 Å². The van der Waals surface area contributed by atoms with Crippen molar-refractivity contribution in [2.24, 2.45) is 0 Å². The van der Waals surface area contributed by atoms with Gasteiger partial charge in [0.2, 0.25) is 21.8 Å². The Balaban J connectivity index is 2.40. The monoisotopic (exact) mass is 489 g/mol. The molecule has 2 amide bonds. The molecular formula is C25H35N3O5S. The smallest absolute Gasteiger partial charge is 0.244 e. The van der Waals surface area contributed by atoms with Gasteiger partial charge >= 0.3 is 0 Å². The second kappa shape index (κ2) is 11.4. The van der Waals surface area contributed by atoms with Crippen molar-refractivity contribution in [3.05, 3.63) is 59.2 Å². The lowest BCUT2D eigenvalue weighted by Crippen LogP contribution is -2.52. The van der Waals surface area contributed by atoms with Crippen molar-refractivity contribution in [3.8, 4) is 5.75 Å². The number of aryl methyl sites for hydroxylation is 2. The van der Waals surface area contributed by atoms with E-state index in [1.165, 1.54) is 4.90 Å². The van der Waals surface area contributed by atoms with Crippen LogP contribution in [0.2, 0.25) is 0 Å². The van der Waals surface area contributed by atoms with E-state index in [0.29, 0.717) is 11.4 Å². The van der Waals surface area contributed by atoms with Gasteiger partial charge in [-0.05, 0) is 75.6 Å². The number of benzene rings is 2. The van der Waals surface area contributed by atoms with Crippen molar-refractivity contribution in [2.75, 3.05) is 24.2 Å². The summed E-state index contributed by atoms with van der Waals surface area (Å²) < 4.78 is 31.5. The Hall–Kier alpha value is -3.07. The Morgan fingerprint density at radius 1 is 1.00 bits per heavy atom. The first-order valence-electron chi connectivity index (χ1n) is 11.1. The molecule has 0 aliphatic carbocycles. The molecule has 2 rings (SSSR count). The van der Waals surface area contributed by atoms with Crippen LogP contribution in [0.1, 0.15) is 37.5 Å². The molecule has 2 aromatic carbocycles. The van der Waals surface area contributed by atoms with E-state index >= 15 is 0 Å². The average molecular weight is 490 g/mol. The number of amides is 2. The van der Waals surface area contributed by atoms with E-state index in [1.54, 1.807) is 38.3 Å². The summed E-state index contributed by atoms with van der Waals surface area (Å²) in [5.41, 5.74) is 3.13. The van der Waals surface area contributed by atoms with Crippen LogP contribution < -0.4 is 14.4 Å². The van der Waals surface area contributed by atoms with Crippen molar-refractivity contribution in [2.45, 2.75) is 53.2 Å². The Bertz CT molecular complexity index is 1110. The van der Waals surface area contributed by atoms with E-state index in [-0.39, 0.29) is 18.5 Å². The minimum atomic E-state index is -3.75. The van der Waals surface area contributed by atoms with E-state index in [0.717, 1.165) is 27.3 Å². The van der Waals surface area contributed by atoms with Crippen LogP contribution in [-0.2, 0) is 26.2 Å². The molecule has 1 unspecified atom stereocenters. The highest BCUT2D eigenvalue weighted by Crippen LogP contribution is 2.22. The normalized spacial score (nSPS) is 12.2. The van der Waals surface area contributed by atoms with Gasteiger partial charge in [0, 0.05) is 12.6 Å². The summed E-state index contributed by atoms with van der Waals surface area (Å²) in [6.45, 7) is 8.85. The van der Waals surface area contributed by atoms with Crippen LogP contribution >= 0.6 is 0 Å². The minimum absolute atomic E-state index is 0.101. The predicted octanol–water partition coefficient (Wildman–Crippen LogP) is 3.02. The number of carbonyl (C=O) groups excluding carboxylic acids is 2. The molecule has 8 nitrogen and oxygen atoms in total. The van der Waals surface area contributed by atoms with Crippen LogP contribution in [-0.4, -0.2) is 57.1 Å². The average Bonchev–Trinajstić information content (AvgIpc) is 2.76. The van der Waals surface area contributed by atoms with Crippen molar-refractivity contribution in [1.82, 2.24) is 10.2 Å². The molecule has 0 aliphatic heterocycles. The summed E-state index contributed by atoms with van der Waals surface area (Å²) in [5, 5.41) is 2.83. The standard InChI is InChI=1S/C25H35N3O5S/c1-17(2)26-25(30)20(5)27(15-21-9-12-23(33-6)13-10-21)24(29)16-28(34(7,31)32)22-11-8-18(3)19(4)14-22/h8-14,17,20H,15-16H2,1-7H3,(H,26,30). The van der Waals surface area contributed by atoms with E-state index in [2.05, 4.69) is 5.32 Å². The van der Waals surface area contributed by atoms with Gasteiger partial charge in [0.1, 0.15) is 18.3 Å². The summed E-state index contributed by atoms with van der Waals surface area (Å²) in [7, 11) is -2.19. The predicted molar refractivity (Wildman–Crippen MR) is 134 cm³/mol. The first-order valence-corrected chi connectivity index (χ1v) is 13.0. The van der Waals surface area contributed by atoms with Crippen LogP contribution in [0.3, 0.4) is 0 Å². The summed E-state index contributed by atoms with van der Waals surface area (Å²) in [5.74, 6) is -0.120. The third-order valence-corrected chi connectivity index (χ3v) is 6.71. The van der Waals surface area contributed by atoms with Crippen LogP contribution in [0.5, 0.6) is 5.75 Å². The zero-order valence-electron chi connectivity index (χ0n) is 21.0. The zero-order valence-corrected chi connectivity index (χ0v) is 21.8. The topological polar surface area (TPSA) is 96.0 Å². The lowest BCUT2D eigenvalue weighted by atomic mass is 10.1. The molecule has 2 aromatic rings. The molecular weight excluding hydrogens is 454 g/mol. The van der Waals surface area contributed by atoms with Gasteiger partial charge in [-0.15, -0.1) is 0 Å². The van der Waals surface area contributed by atoms with E-state index in [1.807, 2.05) is 45.9 Å². The summed E-state index contributed by atoms with van der Waals surface area (Å²) in [6, 6.07) is 11.5. The molecule has 1 atom stereocenters. The fourth-order valence-corrected chi connectivity index (χ4v) is 4.25. The first-order chi connectivity index (χ1) is 15.8. The fraction of sp³-hybridized carbons (Fsp3) is 0.440. The Morgan fingerprint density at radius 2 is 1.62 bits per heavy atom. The van der Waals surface area contributed by atoms with E-state index in [9.17, 15) is 18.0 Å². The molecule has 0 fully saturated rings. The van der Waals surface area contributed by atoms with Crippen LogP contribution in [0.25, 0.3) is 0 Å². The zero-order chi connectivity index (χ0) is 25.6. The van der Waals surface area contributed by atoms with Crippen LogP contribution in [0.15, 0.2) is 42.5 Å². The van der Waals surface area contributed by atoms with Gasteiger partial charge in [0.05, 0.1) is 19.1 Å². The van der Waals surface area contributed by atoms with Gasteiger partial charge < -0.3 is 15.0 Å². The third-order valence-electron chi connectivity index (χ3n) is 5.57. The molecule has 0 aliphatic rings. The van der Waals surface area contributed by atoms with E-state index in [4.69, 9.17) is 4.74 Å². The molecule has 0 saturated heterocycles. The van der Waals surface area contributed by atoms with Crippen molar-refractivity contribution in [1.29, 1.82) is 0 Å². The molecule has 0 radical (unpaired) electrons. The molecule has 1 N–H and O–H groups in total. The number of nitrogens with zero attached hydrogens (tertiary/aromatic N) is 2. The maximum absolute atomic E-state index is 13.5. The van der Waals surface area contributed by atoms with Crippen LogP contribution in [0.4, 0.5) is 5.69 Å². The number of methoxy groups -OCH3 is 1. The van der Waals surface area contributed by atoms with Crippen molar-refractivity contribution >= 4 is 27.5 Å². The number of ether oxygens (including phenoxy) is 1. The summed E-state index contributed by atoms with van der Waals surface area (Å²) in [4.78, 5) is 27.7. The maximum atomic E-state index is 13.5. The number of rotatable bonds is 10. The molecule has 9 heteroatoms. The number of carbonyl (C=O) groups is 2. The SMILES string of the molecule is COc1ccc(CN(C(=O)CN(c2ccc(C)c(C)c2)S(C)(=O)=O)C(C)C(=O)NC(C)C)cc1. The molecule has 0 bridgehead atoms. The summed E-state index contributed by atoms with van der Waals surface area (Å²) >= 11 is 0. The number of hydrogen-bond donors (Lipinski definition) is 1. The number of nitrogens with one attached hydrogen (secondary N) is 1. The quantitative estimate of drug-likeness (QED) is 0.554. The second-order valence-electron chi connectivity index (χ2n) is 8.75. The van der Waals surface area contributed by atoms with Gasteiger partial charge in [-0.25, -0.2) is 8.42 Å². The van der Waals surface area contributed by atoms with Gasteiger partial charge in [0.25, 0.3) is 0 Å². The highest BCUT2D eigenvalue weighted by Gasteiger charge is 2.30. The molecule has 0 spiro atoms. The minimum Gasteiger partial charge on any atom is -0.497 e. The fourth-order valence-electron chi connectivity index (χ4n) is 3.41. The molecule has 0 heterocycles. The van der Waals surface area contributed by atoms with E-state index < -0.39 is 28.5 Å². The Morgan fingerprint density at radius 3 is 2.12 bits per heavy atom. The third kappa shape index (κ3) is 7.21. The summed E-state index contributed by atoms with van der Waals surface area (Å²) in [6.07, 6.45) is 1.07. The lowest BCUT2D eigenvalue weighted by molar-refractivity contribution is -0.139. The number of hydrogen-bond acceptors (Lipinski definition) is 5. The largest absolute Gasteiger partial charge is 0.497 e. The molecule has 0 saturated carbocycles. The first kappa shape index (κ1) is 27.2. The van der Waals surface area contributed by atoms with Crippen LogP contribution in [0, 0.1) is 13.8 Å². The number of anilines is 1. The molecule has 34 heavy (non-hydrogen) atoms. The molecule has 0 aromatic heterocycles. The Labute approximate surface area is 202 Å². The Kier molecular flexibility index (Phi) is 9.09. The molecule has 186 valence electrons. The van der Waals surface area contributed by atoms with Gasteiger partial charge in [-0.3, -0.25) is 13.9 Å². The number of sulfonamides is 1. The van der Waals surface area contributed by atoms with Gasteiger partial charge in [-0.2, -0.15) is 0 Å².